The van der Waals surface area contributed by atoms with Crippen LogP contribution in [0.15, 0.2) is 36.4 Å². The van der Waals surface area contributed by atoms with E-state index >= 15 is 0 Å². The van der Waals surface area contributed by atoms with Gasteiger partial charge in [0, 0.05) is 17.0 Å². The molecule has 2 heteroatoms. The molecule has 0 heterocycles. The molecule has 2 rings (SSSR count). The highest BCUT2D eigenvalue weighted by atomic mass is 16.5. The molecule has 20 heavy (non-hydrogen) atoms. The van der Waals surface area contributed by atoms with Crippen LogP contribution in [-0.4, -0.2) is 6.61 Å². The molecular formula is C18H25NO. The summed E-state index contributed by atoms with van der Waals surface area (Å²) in [5.74, 6) is 1.68. The SMILES string of the molecule is CC(C)CCCOc1c(C(C)N)ccc2ccccc12. The molecule has 108 valence electrons. The van der Waals surface area contributed by atoms with Gasteiger partial charge in [0.1, 0.15) is 5.75 Å². The fraction of sp³-hybridized carbons (Fsp3) is 0.444. The van der Waals surface area contributed by atoms with E-state index in [1.54, 1.807) is 0 Å². The van der Waals surface area contributed by atoms with Crippen molar-refractivity contribution >= 4 is 10.8 Å². The second-order valence-electron chi connectivity index (χ2n) is 5.88. The Labute approximate surface area is 121 Å². The van der Waals surface area contributed by atoms with E-state index in [4.69, 9.17) is 10.5 Å². The van der Waals surface area contributed by atoms with E-state index in [1.807, 2.05) is 13.0 Å². The van der Waals surface area contributed by atoms with E-state index in [0.717, 1.165) is 35.6 Å². The van der Waals surface area contributed by atoms with E-state index < -0.39 is 0 Å². The van der Waals surface area contributed by atoms with E-state index in [0.29, 0.717) is 0 Å². The molecule has 0 aliphatic carbocycles. The fourth-order valence-corrected chi connectivity index (χ4v) is 2.45. The van der Waals surface area contributed by atoms with Crippen molar-refractivity contribution in [1.29, 1.82) is 0 Å². The minimum absolute atomic E-state index is 0.0142. The molecule has 2 nitrogen and oxygen atoms in total. The lowest BCUT2D eigenvalue weighted by atomic mass is 10.0. The van der Waals surface area contributed by atoms with Gasteiger partial charge in [0.15, 0.2) is 0 Å². The molecule has 0 saturated carbocycles. The maximum atomic E-state index is 6.08. The molecule has 2 N–H and O–H groups in total. The molecule has 1 atom stereocenters. The standard InChI is InChI=1S/C18H25NO/c1-13(2)7-6-12-20-18-16(14(3)19)11-10-15-8-4-5-9-17(15)18/h4-5,8-11,13-14H,6-7,12,19H2,1-3H3. The normalized spacial score (nSPS) is 12.8. The first kappa shape index (κ1) is 14.9. The van der Waals surface area contributed by atoms with Crippen LogP contribution in [0.4, 0.5) is 0 Å². The van der Waals surface area contributed by atoms with Gasteiger partial charge in [-0.05, 0) is 31.1 Å². The molecule has 2 aromatic carbocycles. The Morgan fingerprint density at radius 1 is 1.05 bits per heavy atom. The first-order chi connectivity index (χ1) is 9.59. The van der Waals surface area contributed by atoms with Gasteiger partial charge in [-0.3, -0.25) is 0 Å². The van der Waals surface area contributed by atoms with Gasteiger partial charge in [-0.25, -0.2) is 0 Å². The maximum Gasteiger partial charge on any atom is 0.131 e. The van der Waals surface area contributed by atoms with Crippen molar-refractivity contribution in [3.63, 3.8) is 0 Å². The van der Waals surface area contributed by atoms with Crippen LogP contribution in [0.2, 0.25) is 0 Å². The summed E-state index contributed by atoms with van der Waals surface area (Å²) in [5, 5.41) is 2.36. The van der Waals surface area contributed by atoms with E-state index in [9.17, 15) is 0 Å². The molecule has 0 fully saturated rings. The number of fused-ring (bicyclic) bond motifs is 1. The molecular weight excluding hydrogens is 246 g/mol. The largest absolute Gasteiger partial charge is 0.493 e. The van der Waals surface area contributed by atoms with Gasteiger partial charge in [-0.15, -0.1) is 0 Å². The zero-order valence-corrected chi connectivity index (χ0v) is 12.7. The zero-order valence-electron chi connectivity index (χ0n) is 12.7. The zero-order chi connectivity index (χ0) is 14.5. The Balaban J connectivity index is 2.25. The predicted molar refractivity (Wildman–Crippen MR) is 86.1 cm³/mol. The Hall–Kier alpha value is -1.54. The lowest BCUT2D eigenvalue weighted by Gasteiger charge is -2.17. The van der Waals surface area contributed by atoms with Gasteiger partial charge < -0.3 is 10.5 Å². The van der Waals surface area contributed by atoms with Gasteiger partial charge in [-0.1, -0.05) is 50.2 Å². The van der Waals surface area contributed by atoms with Gasteiger partial charge in [0.2, 0.25) is 0 Å². The summed E-state index contributed by atoms with van der Waals surface area (Å²) in [6.45, 7) is 7.24. The fourth-order valence-electron chi connectivity index (χ4n) is 2.45. The van der Waals surface area contributed by atoms with Crippen LogP contribution in [0.5, 0.6) is 5.75 Å². The second kappa shape index (κ2) is 6.76. The molecule has 2 aromatic rings. The molecule has 0 aliphatic rings. The van der Waals surface area contributed by atoms with Crippen molar-refractivity contribution < 1.29 is 4.74 Å². The van der Waals surface area contributed by atoms with Gasteiger partial charge in [0.05, 0.1) is 6.61 Å². The number of benzene rings is 2. The van der Waals surface area contributed by atoms with Crippen molar-refractivity contribution in [2.24, 2.45) is 11.7 Å². The lowest BCUT2D eigenvalue weighted by molar-refractivity contribution is 0.297. The summed E-state index contributed by atoms with van der Waals surface area (Å²) >= 11 is 0. The van der Waals surface area contributed by atoms with Crippen LogP contribution in [0, 0.1) is 5.92 Å². The Kier molecular flexibility index (Phi) is 5.02. The summed E-state index contributed by atoms with van der Waals surface area (Å²) in [6, 6.07) is 12.5. The second-order valence-corrected chi connectivity index (χ2v) is 5.88. The number of hydrogen-bond donors (Lipinski definition) is 1. The van der Waals surface area contributed by atoms with Crippen LogP contribution >= 0.6 is 0 Å². The molecule has 0 aromatic heterocycles. The number of hydrogen-bond acceptors (Lipinski definition) is 2. The van der Waals surface area contributed by atoms with E-state index in [1.165, 1.54) is 11.8 Å². The van der Waals surface area contributed by atoms with Crippen LogP contribution < -0.4 is 10.5 Å². The Bertz CT molecular complexity index is 560. The van der Waals surface area contributed by atoms with Gasteiger partial charge >= 0.3 is 0 Å². The average molecular weight is 271 g/mol. The first-order valence-electron chi connectivity index (χ1n) is 7.49. The third kappa shape index (κ3) is 3.51. The third-order valence-corrected chi connectivity index (χ3v) is 3.57. The number of ether oxygens (including phenoxy) is 1. The van der Waals surface area contributed by atoms with Crippen LogP contribution in [0.1, 0.15) is 45.2 Å². The molecule has 0 bridgehead atoms. The smallest absolute Gasteiger partial charge is 0.131 e. The number of rotatable bonds is 6. The topological polar surface area (TPSA) is 35.2 Å². The minimum Gasteiger partial charge on any atom is -0.493 e. The van der Waals surface area contributed by atoms with Crippen LogP contribution in [0.3, 0.4) is 0 Å². The molecule has 0 amide bonds. The van der Waals surface area contributed by atoms with Gasteiger partial charge in [0.25, 0.3) is 0 Å². The van der Waals surface area contributed by atoms with Crippen molar-refractivity contribution in [2.75, 3.05) is 6.61 Å². The first-order valence-corrected chi connectivity index (χ1v) is 7.49. The molecule has 0 radical (unpaired) electrons. The quantitative estimate of drug-likeness (QED) is 0.775. The maximum absolute atomic E-state index is 6.08. The third-order valence-electron chi connectivity index (χ3n) is 3.57. The van der Waals surface area contributed by atoms with E-state index in [-0.39, 0.29) is 6.04 Å². The Morgan fingerprint density at radius 3 is 2.50 bits per heavy atom. The van der Waals surface area contributed by atoms with E-state index in [2.05, 4.69) is 44.2 Å². The summed E-state index contributed by atoms with van der Waals surface area (Å²) in [4.78, 5) is 0. The summed E-state index contributed by atoms with van der Waals surface area (Å²) < 4.78 is 6.08. The Morgan fingerprint density at radius 2 is 1.80 bits per heavy atom. The van der Waals surface area contributed by atoms with Crippen LogP contribution in [0.25, 0.3) is 10.8 Å². The summed E-state index contributed by atoms with van der Waals surface area (Å²) in [7, 11) is 0. The highest BCUT2D eigenvalue weighted by Gasteiger charge is 2.12. The van der Waals surface area contributed by atoms with Crippen molar-refractivity contribution in [3.8, 4) is 5.75 Å². The molecule has 0 spiro atoms. The lowest BCUT2D eigenvalue weighted by Crippen LogP contribution is -2.09. The van der Waals surface area contributed by atoms with Crippen molar-refractivity contribution in [1.82, 2.24) is 0 Å². The highest BCUT2D eigenvalue weighted by molar-refractivity contribution is 5.89. The molecule has 1 unspecified atom stereocenters. The van der Waals surface area contributed by atoms with Gasteiger partial charge in [-0.2, -0.15) is 0 Å². The van der Waals surface area contributed by atoms with Crippen molar-refractivity contribution in [2.45, 2.75) is 39.7 Å². The predicted octanol–water partition coefficient (Wildman–Crippen LogP) is 4.67. The highest BCUT2D eigenvalue weighted by Crippen LogP contribution is 2.33. The summed E-state index contributed by atoms with van der Waals surface area (Å²) in [6.07, 6.45) is 2.28. The van der Waals surface area contributed by atoms with Crippen molar-refractivity contribution in [3.05, 3.63) is 42.0 Å². The minimum atomic E-state index is -0.0142. The summed E-state index contributed by atoms with van der Waals surface area (Å²) in [5.41, 5.74) is 7.17. The molecule has 0 aliphatic heterocycles. The number of nitrogens with two attached hydrogens (primary N) is 1. The van der Waals surface area contributed by atoms with Crippen LogP contribution in [-0.2, 0) is 0 Å². The monoisotopic (exact) mass is 271 g/mol. The molecule has 0 saturated heterocycles. The average Bonchev–Trinajstić information content (AvgIpc) is 2.42.